The molecule has 2 N–H and O–H groups in total. The van der Waals surface area contributed by atoms with E-state index in [0.29, 0.717) is 6.10 Å². The number of thiophene rings is 1. The zero-order chi connectivity index (χ0) is 11.9. The fourth-order valence-corrected chi connectivity index (χ4v) is 4.64. The summed E-state index contributed by atoms with van der Waals surface area (Å²) >= 11 is 5.45. The summed E-state index contributed by atoms with van der Waals surface area (Å²) in [6.07, 6.45) is 5.26. The van der Waals surface area contributed by atoms with E-state index in [1.165, 1.54) is 22.2 Å². The minimum absolute atomic E-state index is 0.189. The second-order valence-electron chi connectivity index (χ2n) is 5.31. The molecule has 0 radical (unpaired) electrons. The van der Waals surface area contributed by atoms with Gasteiger partial charge < -0.3 is 10.5 Å². The lowest BCUT2D eigenvalue weighted by Gasteiger charge is -2.33. The summed E-state index contributed by atoms with van der Waals surface area (Å²) in [5, 5.41) is 2.14. The van der Waals surface area contributed by atoms with Gasteiger partial charge in [0.1, 0.15) is 0 Å². The van der Waals surface area contributed by atoms with Crippen molar-refractivity contribution in [1.82, 2.24) is 0 Å². The smallest absolute Gasteiger partial charge is 0.0675 e. The van der Waals surface area contributed by atoms with Crippen LogP contribution < -0.4 is 5.73 Å². The van der Waals surface area contributed by atoms with Crippen LogP contribution in [-0.2, 0) is 11.2 Å². The van der Waals surface area contributed by atoms with Crippen molar-refractivity contribution in [1.29, 1.82) is 0 Å². The summed E-state index contributed by atoms with van der Waals surface area (Å²) in [5.41, 5.74) is 6.29. The minimum atomic E-state index is 0.189. The van der Waals surface area contributed by atoms with Gasteiger partial charge in [0.15, 0.2) is 0 Å². The molecule has 1 aromatic heterocycles. The summed E-state index contributed by atoms with van der Waals surface area (Å²) in [4.78, 5) is 1.42. The molecule has 0 amide bonds. The van der Waals surface area contributed by atoms with Crippen LogP contribution >= 0.6 is 27.3 Å². The Morgan fingerprint density at radius 2 is 2.35 bits per heavy atom. The van der Waals surface area contributed by atoms with Crippen LogP contribution in [-0.4, -0.2) is 19.3 Å². The third-order valence-electron chi connectivity index (χ3n) is 4.16. The van der Waals surface area contributed by atoms with Crippen molar-refractivity contribution >= 4 is 27.3 Å². The maximum Gasteiger partial charge on any atom is 0.0675 e. The minimum Gasteiger partial charge on any atom is -0.377 e. The Labute approximate surface area is 115 Å². The van der Waals surface area contributed by atoms with Crippen LogP contribution in [0.4, 0.5) is 0 Å². The highest BCUT2D eigenvalue weighted by Crippen LogP contribution is 2.49. The van der Waals surface area contributed by atoms with Crippen molar-refractivity contribution in [3.8, 4) is 0 Å². The Hall–Kier alpha value is 0.1000. The summed E-state index contributed by atoms with van der Waals surface area (Å²) in [5.74, 6) is 0.778. The van der Waals surface area contributed by atoms with Crippen LogP contribution in [0.15, 0.2) is 15.9 Å². The Morgan fingerprint density at radius 3 is 2.94 bits per heavy atom. The molecule has 1 aromatic rings. The second kappa shape index (κ2) is 4.65. The Morgan fingerprint density at radius 1 is 1.53 bits per heavy atom. The SMILES string of the molecule is NCC1(Cc2sccc2Br)CCOC1C1CC1. The standard InChI is InChI=1S/C13H18BrNOS/c14-10-3-6-17-11(10)7-13(8-15)4-5-16-12(13)9-1-2-9/h3,6,9,12H,1-2,4-5,7-8,15H2. The molecule has 1 aliphatic carbocycles. The maximum absolute atomic E-state index is 6.10. The van der Waals surface area contributed by atoms with Crippen molar-refractivity contribution < 1.29 is 4.74 Å². The first-order chi connectivity index (χ1) is 8.25. The molecule has 94 valence electrons. The van der Waals surface area contributed by atoms with E-state index in [1.54, 1.807) is 0 Å². The Balaban J connectivity index is 1.83. The van der Waals surface area contributed by atoms with Gasteiger partial charge in [0.05, 0.1) is 6.10 Å². The van der Waals surface area contributed by atoms with Crippen molar-refractivity contribution in [3.05, 3.63) is 20.8 Å². The van der Waals surface area contributed by atoms with Crippen molar-refractivity contribution in [2.45, 2.75) is 31.8 Å². The molecule has 0 aromatic carbocycles. The monoisotopic (exact) mass is 315 g/mol. The highest BCUT2D eigenvalue weighted by Gasteiger charge is 2.50. The van der Waals surface area contributed by atoms with Gasteiger partial charge in [0.2, 0.25) is 0 Å². The van der Waals surface area contributed by atoms with Crippen LogP contribution in [0.25, 0.3) is 0 Å². The van der Waals surface area contributed by atoms with Gasteiger partial charge in [0.25, 0.3) is 0 Å². The number of hydrogen-bond donors (Lipinski definition) is 1. The summed E-state index contributed by atoms with van der Waals surface area (Å²) in [6, 6.07) is 2.13. The van der Waals surface area contributed by atoms with Crippen LogP contribution in [0.5, 0.6) is 0 Å². The number of halogens is 1. The third-order valence-corrected chi connectivity index (χ3v) is 6.09. The normalized spacial score (nSPS) is 33.2. The molecule has 2 aliphatic rings. The number of nitrogens with two attached hydrogens (primary N) is 1. The van der Waals surface area contributed by atoms with Gasteiger partial charge in [0, 0.05) is 27.9 Å². The fraction of sp³-hybridized carbons (Fsp3) is 0.692. The summed E-state index contributed by atoms with van der Waals surface area (Å²) in [6.45, 7) is 1.64. The van der Waals surface area contributed by atoms with E-state index in [0.717, 1.165) is 31.9 Å². The van der Waals surface area contributed by atoms with Gasteiger partial charge in [-0.2, -0.15) is 0 Å². The van der Waals surface area contributed by atoms with Gasteiger partial charge in [-0.1, -0.05) is 0 Å². The van der Waals surface area contributed by atoms with Crippen LogP contribution in [0.2, 0.25) is 0 Å². The topological polar surface area (TPSA) is 35.2 Å². The predicted octanol–water partition coefficient (Wildman–Crippen LogP) is 3.20. The number of ether oxygens (including phenoxy) is 1. The van der Waals surface area contributed by atoms with E-state index in [2.05, 4.69) is 27.4 Å². The van der Waals surface area contributed by atoms with Gasteiger partial charge in [-0.25, -0.2) is 0 Å². The molecule has 0 spiro atoms. The maximum atomic E-state index is 6.10. The largest absolute Gasteiger partial charge is 0.377 e. The second-order valence-corrected chi connectivity index (χ2v) is 7.17. The van der Waals surface area contributed by atoms with Crippen LogP contribution in [0.1, 0.15) is 24.1 Å². The molecule has 1 saturated carbocycles. The first kappa shape index (κ1) is 12.2. The van der Waals surface area contributed by atoms with Crippen LogP contribution in [0, 0.1) is 11.3 Å². The third kappa shape index (κ3) is 2.21. The zero-order valence-electron chi connectivity index (χ0n) is 9.82. The Kier molecular flexibility index (Phi) is 3.32. The van der Waals surface area contributed by atoms with Crippen molar-refractivity contribution in [2.24, 2.45) is 17.1 Å². The lowest BCUT2D eigenvalue weighted by molar-refractivity contribution is 0.0348. The molecule has 0 bridgehead atoms. The van der Waals surface area contributed by atoms with E-state index in [1.807, 2.05) is 11.3 Å². The summed E-state index contributed by atoms with van der Waals surface area (Å²) < 4.78 is 7.21. The molecule has 2 atom stereocenters. The first-order valence-corrected chi connectivity index (χ1v) is 7.96. The van der Waals surface area contributed by atoms with E-state index >= 15 is 0 Å². The van der Waals surface area contributed by atoms with Gasteiger partial charge in [-0.15, -0.1) is 11.3 Å². The molecule has 2 fully saturated rings. The number of hydrogen-bond acceptors (Lipinski definition) is 3. The highest BCUT2D eigenvalue weighted by molar-refractivity contribution is 9.10. The molecule has 3 rings (SSSR count). The highest BCUT2D eigenvalue weighted by atomic mass is 79.9. The van der Waals surface area contributed by atoms with Gasteiger partial charge in [-0.05, 0) is 59.0 Å². The predicted molar refractivity (Wildman–Crippen MR) is 74.3 cm³/mol. The fourth-order valence-electron chi connectivity index (χ4n) is 2.99. The van der Waals surface area contributed by atoms with E-state index in [9.17, 15) is 0 Å². The Bertz CT molecular complexity index is 404. The lowest BCUT2D eigenvalue weighted by atomic mass is 9.75. The average molecular weight is 316 g/mol. The van der Waals surface area contributed by atoms with E-state index < -0.39 is 0 Å². The number of rotatable bonds is 4. The molecule has 4 heteroatoms. The van der Waals surface area contributed by atoms with E-state index in [4.69, 9.17) is 10.5 Å². The molecule has 2 heterocycles. The average Bonchev–Trinajstić information content (AvgIpc) is 2.98. The van der Waals surface area contributed by atoms with Gasteiger partial charge in [-0.3, -0.25) is 0 Å². The first-order valence-electron chi connectivity index (χ1n) is 6.29. The molecular formula is C13H18BrNOS. The molecular weight excluding hydrogens is 298 g/mol. The van der Waals surface area contributed by atoms with Crippen molar-refractivity contribution in [3.63, 3.8) is 0 Å². The van der Waals surface area contributed by atoms with Crippen LogP contribution in [0.3, 0.4) is 0 Å². The molecule has 2 nitrogen and oxygen atoms in total. The zero-order valence-corrected chi connectivity index (χ0v) is 12.2. The van der Waals surface area contributed by atoms with Gasteiger partial charge >= 0.3 is 0 Å². The van der Waals surface area contributed by atoms with Crippen molar-refractivity contribution in [2.75, 3.05) is 13.2 Å². The molecule has 1 aliphatic heterocycles. The molecule has 2 unspecified atom stereocenters. The quantitative estimate of drug-likeness (QED) is 0.926. The summed E-state index contributed by atoms with van der Waals surface area (Å²) in [7, 11) is 0. The molecule has 1 saturated heterocycles. The molecule has 17 heavy (non-hydrogen) atoms. The lowest BCUT2D eigenvalue weighted by Crippen LogP contribution is -2.41. The van der Waals surface area contributed by atoms with E-state index in [-0.39, 0.29) is 5.41 Å².